The lowest BCUT2D eigenvalue weighted by Gasteiger charge is -2.16. The predicted molar refractivity (Wildman–Crippen MR) is 78.5 cm³/mol. The summed E-state index contributed by atoms with van der Waals surface area (Å²) < 4.78 is 0. The average molecular weight is 284 g/mol. The van der Waals surface area contributed by atoms with Gasteiger partial charge in [-0.15, -0.1) is 0 Å². The van der Waals surface area contributed by atoms with Crippen LogP contribution in [0.15, 0.2) is 29.5 Å². The highest BCUT2D eigenvalue weighted by Crippen LogP contribution is 2.21. The Kier molecular flexibility index (Phi) is 3.75. The highest BCUT2D eigenvalue weighted by Gasteiger charge is 2.28. The normalized spacial score (nSPS) is 18.2. The third-order valence-electron chi connectivity index (χ3n) is 3.92. The Hall–Kier alpha value is -2.53. The van der Waals surface area contributed by atoms with Crippen molar-refractivity contribution in [2.45, 2.75) is 12.8 Å². The molecule has 108 valence electrons. The molecule has 7 nitrogen and oxygen atoms in total. The summed E-state index contributed by atoms with van der Waals surface area (Å²) in [6.07, 6.45) is 3.10. The summed E-state index contributed by atoms with van der Waals surface area (Å²) in [7, 11) is 0. The van der Waals surface area contributed by atoms with Crippen LogP contribution in [-0.4, -0.2) is 40.6 Å². The van der Waals surface area contributed by atoms with Crippen molar-refractivity contribution < 1.29 is 4.79 Å². The van der Waals surface area contributed by atoms with Crippen LogP contribution in [0.2, 0.25) is 0 Å². The molecule has 1 aliphatic rings. The van der Waals surface area contributed by atoms with Crippen LogP contribution in [0, 0.1) is 5.92 Å². The maximum Gasteiger partial charge on any atom is 0.222 e. The number of hydrogen-bond donors (Lipinski definition) is 1. The number of aromatic amines is 1. The molecule has 0 bridgehead atoms. The Morgan fingerprint density at radius 3 is 3.29 bits per heavy atom. The van der Waals surface area contributed by atoms with Crippen molar-refractivity contribution in [2.75, 3.05) is 19.6 Å². The molecule has 2 aromatic rings. The zero-order chi connectivity index (χ0) is 14.7. The summed E-state index contributed by atoms with van der Waals surface area (Å²) in [5.74, 6) is 0.297. The van der Waals surface area contributed by atoms with Crippen LogP contribution < -0.4 is 0 Å². The molecule has 1 aliphatic heterocycles. The topological polar surface area (TPSA) is 97.8 Å². The van der Waals surface area contributed by atoms with Gasteiger partial charge in [0.2, 0.25) is 5.91 Å². The second-order valence-corrected chi connectivity index (χ2v) is 5.32. The number of nitrogens with zero attached hydrogens (tertiary/aromatic N) is 5. The van der Waals surface area contributed by atoms with Gasteiger partial charge in [0.25, 0.3) is 0 Å². The Labute approximate surface area is 121 Å². The number of nitrogens with one attached hydrogen (secondary N) is 1. The third-order valence-corrected chi connectivity index (χ3v) is 3.92. The smallest absolute Gasteiger partial charge is 0.222 e. The molecular formula is C14H16N6O. The highest BCUT2D eigenvalue weighted by atomic mass is 16.2. The summed E-state index contributed by atoms with van der Waals surface area (Å²) in [5.41, 5.74) is 10.5. The fourth-order valence-electron chi connectivity index (χ4n) is 2.85. The second kappa shape index (κ2) is 5.85. The lowest BCUT2D eigenvalue weighted by molar-refractivity contribution is -0.127. The summed E-state index contributed by atoms with van der Waals surface area (Å²) in [6, 6.07) is 6.05. The van der Waals surface area contributed by atoms with Gasteiger partial charge in [-0.25, -0.2) is 0 Å². The predicted octanol–water partition coefficient (Wildman–Crippen LogP) is 2.26. The maximum atomic E-state index is 12.0. The molecule has 0 spiro atoms. The number of H-pyrrole nitrogens is 1. The minimum Gasteiger partial charge on any atom is -0.342 e. The fraction of sp³-hybridized carbons (Fsp3) is 0.429. The molecule has 1 atom stereocenters. The quantitative estimate of drug-likeness (QED) is 0.517. The minimum atomic E-state index is 0.146. The van der Waals surface area contributed by atoms with Gasteiger partial charge in [0.05, 0.1) is 11.7 Å². The van der Waals surface area contributed by atoms with Gasteiger partial charge in [0, 0.05) is 36.4 Å². The minimum absolute atomic E-state index is 0.146. The van der Waals surface area contributed by atoms with E-state index < -0.39 is 0 Å². The molecule has 1 amide bonds. The number of rotatable bonds is 5. The van der Waals surface area contributed by atoms with E-state index in [1.807, 2.05) is 23.2 Å². The molecule has 0 radical (unpaired) electrons. The van der Waals surface area contributed by atoms with Crippen LogP contribution in [-0.2, 0) is 11.2 Å². The zero-order valence-corrected chi connectivity index (χ0v) is 11.6. The van der Waals surface area contributed by atoms with Crippen LogP contribution in [0.25, 0.3) is 21.3 Å². The monoisotopic (exact) mass is 284 g/mol. The van der Waals surface area contributed by atoms with Crippen LogP contribution in [0.4, 0.5) is 0 Å². The van der Waals surface area contributed by atoms with Gasteiger partial charge in [0.15, 0.2) is 0 Å². The molecular weight excluding hydrogens is 268 g/mol. The van der Waals surface area contributed by atoms with Gasteiger partial charge >= 0.3 is 0 Å². The SMILES string of the molecule is [N-]=[N+]=NCC1CC(=O)N(CCc2cccc3[nH]ncc23)C1. The van der Waals surface area contributed by atoms with Gasteiger partial charge in [-0.2, -0.15) is 5.10 Å². The number of benzene rings is 1. The summed E-state index contributed by atoms with van der Waals surface area (Å²) >= 11 is 0. The molecule has 0 aliphatic carbocycles. The van der Waals surface area contributed by atoms with Crippen molar-refractivity contribution in [3.63, 3.8) is 0 Å². The van der Waals surface area contributed by atoms with E-state index in [2.05, 4.69) is 26.3 Å². The second-order valence-electron chi connectivity index (χ2n) is 5.32. The Morgan fingerprint density at radius 1 is 1.52 bits per heavy atom. The van der Waals surface area contributed by atoms with E-state index >= 15 is 0 Å². The summed E-state index contributed by atoms with van der Waals surface area (Å²) in [4.78, 5) is 16.6. The first-order chi connectivity index (χ1) is 10.3. The Bertz CT molecular complexity index is 702. The number of carbonyl (C=O) groups excluding carboxylic acids is 1. The molecule has 1 N–H and O–H groups in total. The van der Waals surface area contributed by atoms with Crippen molar-refractivity contribution in [1.82, 2.24) is 15.1 Å². The number of hydrogen-bond acceptors (Lipinski definition) is 3. The van der Waals surface area contributed by atoms with Crippen molar-refractivity contribution in [3.8, 4) is 0 Å². The van der Waals surface area contributed by atoms with Gasteiger partial charge < -0.3 is 4.90 Å². The number of amides is 1. The maximum absolute atomic E-state index is 12.0. The number of aromatic nitrogens is 2. The van der Waals surface area contributed by atoms with Crippen LogP contribution >= 0.6 is 0 Å². The van der Waals surface area contributed by atoms with E-state index in [0.29, 0.717) is 26.1 Å². The van der Waals surface area contributed by atoms with E-state index in [9.17, 15) is 4.79 Å². The van der Waals surface area contributed by atoms with Crippen molar-refractivity contribution in [3.05, 3.63) is 40.4 Å². The Morgan fingerprint density at radius 2 is 2.43 bits per heavy atom. The lowest BCUT2D eigenvalue weighted by atomic mass is 10.1. The Balaban J connectivity index is 1.64. The van der Waals surface area contributed by atoms with Gasteiger partial charge in [-0.1, -0.05) is 17.2 Å². The molecule has 2 heterocycles. The molecule has 1 unspecified atom stereocenters. The molecule has 1 aromatic carbocycles. The number of fused-ring (bicyclic) bond motifs is 1. The van der Waals surface area contributed by atoms with E-state index in [1.165, 1.54) is 5.56 Å². The molecule has 21 heavy (non-hydrogen) atoms. The van der Waals surface area contributed by atoms with Crippen molar-refractivity contribution in [2.24, 2.45) is 11.0 Å². The van der Waals surface area contributed by atoms with Crippen molar-refractivity contribution in [1.29, 1.82) is 0 Å². The highest BCUT2D eigenvalue weighted by molar-refractivity contribution is 5.82. The lowest BCUT2D eigenvalue weighted by Crippen LogP contribution is -2.27. The van der Waals surface area contributed by atoms with E-state index in [0.717, 1.165) is 17.3 Å². The molecule has 1 fully saturated rings. The first-order valence-electron chi connectivity index (χ1n) is 6.97. The van der Waals surface area contributed by atoms with E-state index in [-0.39, 0.29) is 11.8 Å². The fourth-order valence-corrected chi connectivity index (χ4v) is 2.85. The average Bonchev–Trinajstić information content (AvgIpc) is 3.09. The van der Waals surface area contributed by atoms with Crippen LogP contribution in [0.1, 0.15) is 12.0 Å². The molecule has 1 aromatic heterocycles. The first-order valence-corrected chi connectivity index (χ1v) is 6.97. The van der Waals surface area contributed by atoms with E-state index in [4.69, 9.17) is 5.53 Å². The third kappa shape index (κ3) is 2.83. The molecule has 0 saturated carbocycles. The number of likely N-dealkylation sites (tertiary alicyclic amines) is 1. The van der Waals surface area contributed by atoms with Crippen molar-refractivity contribution >= 4 is 16.8 Å². The molecule has 1 saturated heterocycles. The van der Waals surface area contributed by atoms with Gasteiger partial charge in [-0.3, -0.25) is 9.89 Å². The summed E-state index contributed by atoms with van der Waals surface area (Å²) in [5, 5.41) is 11.7. The van der Waals surface area contributed by atoms with Crippen LogP contribution in [0.3, 0.4) is 0 Å². The first kappa shape index (κ1) is 13.5. The number of azide groups is 1. The number of carbonyl (C=O) groups is 1. The van der Waals surface area contributed by atoms with E-state index in [1.54, 1.807) is 0 Å². The van der Waals surface area contributed by atoms with Gasteiger partial charge in [-0.05, 0) is 29.5 Å². The summed E-state index contributed by atoms with van der Waals surface area (Å²) in [6.45, 7) is 1.77. The largest absolute Gasteiger partial charge is 0.342 e. The standard InChI is InChI=1S/C14H16N6O/c15-19-17-7-10-6-14(21)20(9-10)5-4-11-2-1-3-13-12(11)8-16-18-13/h1-3,8,10H,4-7,9H2,(H,16,18). The van der Waals surface area contributed by atoms with Crippen LogP contribution in [0.5, 0.6) is 0 Å². The molecule has 7 heteroatoms. The zero-order valence-electron chi connectivity index (χ0n) is 11.6. The van der Waals surface area contributed by atoms with Gasteiger partial charge in [0.1, 0.15) is 0 Å². The molecule has 3 rings (SSSR count).